The maximum atomic E-state index is 13.3. The average Bonchev–Trinajstić information content (AvgIpc) is 3.58. The average molecular weight is 460 g/mol. The normalized spacial score (nSPS) is 14.1. The Morgan fingerprint density at radius 2 is 1.72 bits per heavy atom. The van der Waals surface area contributed by atoms with E-state index < -0.39 is 5.25 Å². The van der Waals surface area contributed by atoms with Gasteiger partial charge in [0, 0.05) is 16.5 Å². The third-order valence-corrected chi connectivity index (χ3v) is 7.37. The second-order valence-electron chi connectivity index (χ2n) is 7.68. The molecule has 5 nitrogen and oxygen atoms in total. The van der Waals surface area contributed by atoms with Gasteiger partial charge < -0.3 is 10.6 Å². The van der Waals surface area contributed by atoms with Gasteiger partial charge in [-0.15, -0.1) is 11.8 Å². The smallest absolute Gasteiger partial charge is 0.244 e. The van der Waals surface area contributed by atoms with Crippen LogP contribution in [0.25, 0.3) is 10.2 Å². The number of carbonyl (C=O) groups excluding carboxylic acids is 2. The van der Waals surface area contributed by atoms with E-state index in [1.807, 2.05) is 78.9 Å². The highest BCUT2D eigenvalue weighted by atomic mass is 32.2. The number of thiazole rings is 1. The summed E-state index contributed by atoms with van der Waals surface area (Å²) in [4.78, 5) is 30.9. The topological polar surface area (TPSA) is 71.1 Å². The van der Waals surface area contributed by atoms with Crippen LogP contribution in [0.3, 0.4) is 0 Å². The molecular formula is C25H21N3O2S2. The second-order valence-corrected chi connectivity index (χ2v) is 9.89. The first-order valence-electron chi connectivity index (χ1n) is 10.4. The summed E-state index contributed by atoms with van der Waals surface area (Å²) >= 11 is 2.92. The van der Waals surface area contributed by atoms with Gasteiger partial charge in [0.1, 0.15) is 5.25 Å². The number of aromatic nitrogens is 1. The minimum Gasteiger partial charge on any atom is -0.326 e. The van der Waals surface area contributed by atoms with Crippen molar-refractivity contribution in [3.05, 3.63) is 84.4 Å². The molecule has 1 heterocycles. The molecule has 0 radical (unpaired) electrons. The quantitative estimate of drug-likeness (QED) is 0.327. The lowest BCUT2D eigenvalue weighted by Crippen LogP contribution is -2.19. The van der Waals surface area contributed by atoms with Gasteiger partial charge in [0.15, 0.2) is 5.13 Å². The highest BCUT2D eigenvalue weighted by Gasteiger charge is 2.29. The summed E-state index contributed by atoms with van der Waals surface area (Å²) in [5.41, 5.74) is 2.53. The number of thioether (sulfide) groups is 1. The van der Waals surface area contributed by atoms with Gasteiger partial charge in [-0.3, -0.25) is 9.59 Å². The predicted octanol–water partition coefficient (Wildman–Crippen LogP) is 6.12. The van der Waals surface area contributed by atoms with Crippen molar-refractivity contribution < 1.29 is 9.59 Å². The lowest BCUT2D eigenvalue weighted by atomic mass is 10.1. The summed E-state index contributed by atoms with van der Waals surface area (Å²) in [5.74, 6) is 0.0796. The number of fused-ring (bicyclic) bond motifs is 1. The van der Waals surface area contributed by atoms with Crippen molar-refractivity contribution in [1.82, 2.24) is 4.98 Å². The number of nitrogens with one attached hydrogen (secondary N) is 2. The molecule has 1 aromatic heterocycles. The summed E-state index contributed by atoms with van der Waals surface area (Å²) in [6.07, 6.45) is 1.92. The van der Waals surface area contributed by atoms with Crippen molar-refractivity contribution in [2.75, 3.05) is 10.6 Å². The molecule has 1 aliphatic carbocycles. The van der Waals surface area contributed by atoms with Crippen molar-refractivity contribution in [3.8, 4) is 0 Å². The number of nitrogens with zero attached hydrogens (tertiary/aromatic N) is 1. The van der Waals surface area contributed by atoms with Crippen LogP contribution < -0.4 is 10.6 Å². The number of para-hydroxylation sites is 1. The van der Waals surface area contributed by atoms with Crippen molar-refractivity contribution in [2.45, 2.75) is 23.0 Å². The Balaban J connectivity index is 1.37. The monoisotopic (exact) mass is 459 g/mol. The zero-order valence-corrected chi connectivity index (χ0v) is 18.8. The van der Waals surface area contributed by atoms with E-state index in [1.54, 1.807) is 0 Å². The molecule has 0 saturated heterocycles. The zero-order chi connectivity index (χ0) is 21.9. The van der Waals surface area contributed by atoms with Crippen LogP contribution in [-0.2, 0) is 9.59 Å². The Morgan fingerprint density at radius 1 is 0.938 bits per heavy atom. The minimum absolute atomic E-state index is 0.0698. The molecule has 0 bridgehead atoms. The number of rotatable bonds is 7. The molecule has 2 N–H and O–H groups in total. The summed E-state index contributed by atoms with van der Waals surface area (Å²) < 4.78 is 1.03. The summed E-state index contributed by atoms with van der Waals surface area (Å²) in [6, 6.07) is 25.2. The van der Waals surface area contributed by atoms with Crippen LogP contribution in [0.15, 0.2) is 83.8 Å². The number of benzene rings is 3. The van der Waals surface area contributed by atoms with Gasteiger partial charge >= 0.3 is 0 Å². The first-order valence-corrected chi connectivity index (χ1v) is 12.1. The molecule has 1 aliphatic rings. The van der Waals surface area contributed by atoms with Gasteiger partial charge in [-0.2, -0.15) is 0 Å². The van der Waals surface area contributed by atoms with E-state index in [9.17, 15) is 9.59 Å². The second kappa shape index (κ2) is 9.14. The highest BCUT2D eigenvalue weighted by molar-refractivity contribution is 8.00. The predicted molar refractivity (Wildman–Crippen MR) is 131 cm³/mol. The number of anilines is 2. The van der Waals surface area contributed by atoms with Crippen molar-refractivity contribution in [1.29, 1.82) is 0 Å². The Bertz CT molecular complexity index is 1240. The Morgan fingerprint density at radius 3 is 2.50 bits per heavy atom. The van der Waals surface area contributed by atoms with Gasteiger partial charge in [0.25, 0.3) is 0 Å². The molecule has 32 heavy (non-hydrogen) atoms. The van der Waals surface area contributed by atoms with Crippen molar-refractivity contribution in [2.24, 2.45) is 5.92 Å². The van der Waals surface area contributed by atoms with Crippen LogP contribution >= 0.6 is 23.1 Å². The van der Waals surface area contributed by atoms with Crippen LogP contribution in [0.5, 0.6) is 0 Å². The van der Waals surface area contributed by atoms with E-state index >= 15 is 0 Å². The molecule has 7 heteroatoms. The number of carbonyl (C=O) groups is 2. The summed E-state index contributed by atoms with van der Waals surface area (Å²) in [5, 5.41) is 6.10. The molecule has 0 spiro atoms. The van der Waals surface area contributed by atoms with E-state index in [2.05, 4.69) is 15.6 Å². The fourth-order valence-corrected chi connectivity index (χ4v) is 5.32. The third-order valence-electron chi connectivity index (χ3n) is 5.17. The van der Waals surface area contributed by atoms with Crippen LogP contribution in [0.1, 0.15) is 23.7 Å². The lowest BCUT2D eigenvalue weighted by molar-refractivity contribution is -0.117. The number of amides is 2. The van der Waals surface area contributed by atoms with E-state index in [1.165, 1.54) is 23.1 Å². The van der Waals surface area contributed by atoms with Crippen LogP contribution in [0.2, 0.25) is 0 Å². The molecule has 1 atom stereocenters. The highest BCUT2D eigenvalue weighted by Crippen LogP contribution is 2.38. The summed E-state index contributed by atoms with van der Waals surface area (Å²) in [6.45, 7) is 0. The van der Waals surface area contributed by atoms with Gasteiger partial charge in [0.2, 0.25) is 11.8 Å². The fourth-order valence-electron chi connectivity index (χ4n) is 3.37. The standard InChI is InChI=1S/C25H21N3O2S2/c29-23(17-13-14-17)26-18-9-6-10-19(15-18)31-22(16-7-2-1-3-8-16)24(30)28-25-27-20-11-4-5-12-21(20)32-25/h1-12,15,17,22H,13-14H2,(H,26,29)(H,27,28,30). The molecule has 3 aromatic carbocycles. The van der Waals surface area contributed by atoms with Crippen LogP contribution in [-0.4, -0.2) is 16.8 Å². The molecular weight excluding hydrogens is 438 g/mol. The lowest BCUT2D eigenvalue weighted by Gasteiger charge is -2.17. The molecule has 2 amide bonds. The van der Waals surface area contributed by atoms with Gasteiger partial charge in [-0.05, 0) is 48.7 Å². The number of hydrogen-bond donors (Lipinski definition) is 2. The molecule has 1 saturated carbocycles. The van der Waals surface area contributed by atoms with Crippen LogP contribution in [0.4, 0.5) is 10.8 Å². The molecule has 1 unspecified atom stereocenters. The Hall–Kier alpha value is -3.16. The first-order chi connectivity index (χ1) is 15.7. The molecule has 4 aromatic rings. The van der Waals surface area contributed by atoms with Gasteiger partial charge in [-0.25, -0.2) is 4.98 Å². The summed E-state index contributed by atoms with van der Waals surface area (Å²) in [7, 11) is 0. The minimum atomic E-state index is -0.461. The van der Waals surface area contributed by atoms with Gasteiger partial charge in [-0.1, -0.05) is 59.9 Å². The van der Waals surface area contributed by atoms with Crippen molar-refractivity contribution in [3.63, 3.8) is 0 Å². The van der Waals surface area contributed by atoms with E-state index in [0.717, 1.165) is 39.2 Å². The third kappa shape index (κ3) is 4.84. The Kier molecular flexibility index (Phi) is 5.92. The van der Waals surface area contributed by atoms with Crippen LogP contribution in [0, 0.1) is 5.92 Å². The molecule has 160 valence electrons. The molecule has 1 fully saturated rings. The first kappa shape index (κ1) is 20.7. The Labute approximate surface area is 194 Å². The van der Waals surface area contributed by atoms with E-state index in [0.29, 0.717) is 5.13 Å². The largest absolute Gasteiger partial charge is 0.326 e. The van der Waals surface area contributed by atoms with E-state index in [-0.39, 0.29) is 17.7 Å². The van der Waals surface area contributed by atoms with E-state index in [4.69, 9.17) is 0 Å². The maximum Gasteiger partial charge on any atom is 0.244 e. The SMILES string of the molecule is O=C(Nc1cccc(SC(C(=O)Nc2nc3ccccc3s2)c2ccccc2)c1)C1CC1. The fraction of sp³-hybridized carbons (Fsp3) is 0.160. The maximum absolute atomic E-state index is 13.3. The van der Waals surface area contributed by atoms with Gasteiger partial charge in [0.05, 0.1) is 10.2 Å². The molecule has 0 aliphatic heterocycles. The van der Waals surface area contributed by atoms with Crippen molar-refractivity contribution >= 4 is 55.9 Å². The number of hydrogen-bond acceptors (Lipinski definition) is 5. The zero-order valence-electron chi connectivity index (χ0n) is 17.2. The molecule has 5 rings (SSSR count).